The lowest BCUT2D eigenvalue weighted by Crippen LogP contribution is -2.48. The third kappa shape index (κ3) is 6.88. The Morgan fingerprint density at radius 1 is 1.00 bits per heavy atom. The van der Waals surface area contributed by atoms with Crippen molar-refractivity contribution in [3.05, 3.63) is 29.3 Å². The van der Waals surface area contributed by atoms with Crippen LogP contribution >= 0.6 is 0 Å². The smallest absolute Gasteiger partial charge is 0.426 e. The molecule has 3 rings (SSSR count). The number of likely N-dealkylation sites (tertiary alicyclic amines) is 2. The van der Waals surface area contributed by atoms with Crippen LogP contribution in [0.1, 0.15) is 30.9 Å². The highest BCUT2D eigenvalue weighted by Gasteiger charge is 2.60. The number of carbonyl (C=O) groups is 1. The lowest BCUT2D eigenvalue weighted by Gasteiger charge is -2.26. The highest BCUT2D eigenvalue weighted by molar-refractivity contribution is 5.68. The van der Waals surface area contributed by atoms with Crippen molar-refractivity contribution in [2.45, 2.75) is 50.9 Å². The van der Waals surface area contributed by atoms with E-state index in [1.54, 1.807) is 0 Å². The number of carbonyl (C=O) groups excluding carboxylic acids is 1. The molecule has 0 aliphatic carbocycles. The van der Waals surface area contributed by atoms with E-state index in [0.29, 0.717) is 37.4 Å². The number of amides is 1. The molecule has 2 aliphatic rings. The van der Waals surface area contributed by atoms with Crippen LogP contribution in [0.2, 0.25) is 0 Å². The van der Waals surface area contributed by atoms with Crippen molar-refractivity contribution in [2.24, 2.45) is 11.8 Å². The molecular weight excluding hydrogens is 509 g/mol. The van der Waals surface area contributed by atoms with Gasteiger partial charge in [0.2, 0.25) is 0 Å². The molecule has 2 atom stereocenters. The van der Waals surface area contributed by atoms with E-state index in [2.05, 4.69) is 10.1 Å². The van der Waals surface area contributed by atoms with Gasteiger partial charge in [-0.15, -0.1) is 0 Å². The first-order chi connectivity index (χ1) is 16.6. The fraction of sp³-hybridized carbons (Fsp3) is 0.682. The maximum Gasteiger partial charge on any atom is 0.434 e. The van der Waals surface area contributed by atoms with Crippen molar-refractivity contribution in [1.82, 2.24) is 9.80 Å². The molecule has 0 radical (unpaired) electrons. The van der Waals surface area contributed by atoms with E-state index in [1.165, 1.54) is 6.07 Å². The van der Waals surface area contributed by atoms with Crippen molar-refractivity contribution in [3.8, 4) is 0 Å². The van der Waals surface area contributed by atoms with Crippen LogP contribution in [0.4, 0.5) is 50.0 Å². The van der Waals surface area contributed by atoms with Gasteiger partial charge < -0.3 is 15.0 Å². The number of unbranched alkanes of at least 4 members (excludes halogenated alkanes) is 1. The van der Waals surface area contributed by atoms with Gasteiger partial charge in [-0.05, 0) is 36.0 Å². The number of halogens is 9. The van der Waals surface area contributed by atoms with E-state index in [1.807, 2.05) is 11.8 Å². The van der Waals surface area contributed by atoms with E-state index < -0.39 is 36.3 Å². The molecule has 1 amide bonds. The van der Waals surface area contributed by atoms with E-state index >= 15 is 0 Å². The molecule has 2 unspecified atom stereocenters. The monoisotopic (exact) mass is 535 g/mol. The first kappa shape index (κ1) is 28.2. The second-order valence-corrected chi connectivity index (χ2v) is 9.12. The minimum atomic E-state index is -5.79. The number of hydrogen-bond acceptors (Lipinski definition) is 4. The summed E-state index contributed by atoms with van der Waals surface area (Å²) < 4.78 is 119. The molecule has 1 N–H and O–H groups in total. The average molecular weight is 535 g/mol. The van der Waals surface area contributed by atoms with E-state index in [0.717, 1.165) is 29.9 Å². The summed E-state index contributed by atoms with van der Waals surface area (Å²) in [6.07, 6.45) is -20.3. The third-order valence-electron chi connectivity index (χ3n) is 6.31. The fourth-order valence-corrected chi connectivity index (χ4v) is 4.56. The Balaban J connectivity index is 1.61. The first-order valence-electron chi connectivity index (χ1n) is 11.3. The molecule has 204 valence electrons. The number of nitrogens with zero attached hydrogens (tertiary/aromatic N) is 2. The largest absolute Gasteiger partial charge is 0.434 e. The maximum absolute atomic E-state index is 13.2. The van der Waals surface area contributed by atoms with Crippen LogP contribution in [0.3, 0.4) is 0 Å². The predicted molar refractivity (Wildman–Crippen MR) is 111 cm³/mol. The molecule has 0 aromatic heterocycles. The van der Waals surface area contributed by atoms with Crippen LogP contribution in [0.25, 0.3) is 0 Å². The number of fused-ring (bicyclic) bond motifs is 1. The topological polar surface area (TPSA) is 44.8 Å². The van der Waals surface area contributed by atoms with Gasteiger partial charge in [-0.1, -0.05) is 19.4 Å². The van der Waals surface area contributed by atoms with Gasteiger partial charge in [0.05, 0.1) is 5.56 Å². The molecule has 5 nitrogen and oxygen atoms in total. The highest BCUT2D eigenvalue weighted by atomic mass is 19.4. The summed E-state index contributed by atoms with van der Waals surface area (Å²) in [5.41, 5.74) is 0.202. The van der Waals surface area contributed by atoms with Gasteiger partial charge in [-0.25, -0.2) is 4.79 Å². The molecule has 2 heterocycles. The van der Waals surface area contributed by atoms with Crippen LogP contribution in [0, 0.1) is 11.8 Å². The standard InChI is InChI=1S/C22H26F9N3O2/c1-2-3-6-32-17-7-16(20(23,24)25)5-4-13(17)8-33-9-14-11-34(12-15(14)10-33)19(35)36-18(21(26,27)28)22(29,30)31/h4-5,7,14-15,18,32H,2-3,6,8-12H2,1H3. The number of alkyl halides is 9. The molecular formula is C22H26F9N3O2. The van der Waals surface area contributed by atoms with Gasteiger partial charge >= 0.3 is 24.6 Å². The quantitative estimate of drug-likeness (QED) is 0.348. The molecule has 1 aromatic rings. The van der Waals surface area contributed by atoms with Gasteiger partial charge in [-0.3, -0.25) is 4.90 Å². The average Bonchev–Trinajstić information content (AvgIpc) is 3.29. The summed E-state index contributed by atoms with van der Waals surface area (Å²) >= 11 is 0. The summed E-state index contributed by atoms with van der Waals surface area (Å²) in [7, 11) is 0. The van der Waals surface area contributed by atoms with Crippen molar-refractivity contribution in [2.75, 3.05) is 38.0 Å². The maximum atomic E-state index is 13.2. The predicted octanol–water partition coefficient (Wildman–Crippen LogP) is 5.91. The summed E-state index contributed by atoms with van der Waals surface area (Å²) in [6.45, 7) is 3.35. The van der Waals surface area contributed by atoms with Crippen molar-refractivity contribution in [1.29, 1.82) is 0 Å². The molecule has 2 saturated heterocycles. The van der Waals surface area contributed by atoms with Gasteiger partial charge in [-0.2, -0.15) is 39.5 Å². The van der Waals surface area contributed by atoms with Gasteiger partial charge in [0.15, 0.2) is 0 Å². The highest BCUT2D eigenvalue weighted by Crippen LogP contribution is 2.38. The summed E-state index contributed by atoms with van der Waals surface area (Å²) in [6, 6.07) is 3.44. The minimum Gasteiger partial charge on any atom is -0.426 e. The molecule has 0 bridgehead atoms. The fourth-order valence-electron chi connectivity index (χ4n) is 4.56. The normalized spacial score (nSPS) is 21.2. The van der Waals surface area contributed by atoms with Crippen LogP contribution in [0.5, 0.6) is 0 Å². The van der Waals surface area contributed by atoms with Crippen LogP contribution in [-0.4, -0.2) is 67.1 Å². The Morgan fingerprint density at radius 2 is 1.58 bits per heavy atom. The second-order valence-electron chi connectivity index (χ2n) is 9.12. The molecule has 36 heavy (non-hydrogen) atoms. The third-order valence-corrected chi connectivity index (χ3v) is 6.31. The Kier molecular flexibility index (Phi) is 8.26. The van der Waals surface area contributed by atoms with E-state index in [-0.39, 0.29) is 24.9 Å². The lowest BCUT2D eigenvalue weighted by molar-refractivity contribution is -0.308. The first-order valence-corrected chi connectivity index (χ1v) is 11.3. The zero-order valence-electron chi connectivity index (χ0n) is 19.2. The lowest BCUT2D eigenvalue weighted by atomic mass is 10.0. The Labute approximate surface area is 201 Å². The summed E-state index contributed by atoms with van der Waals surface area (Å²) in [5.74, 6) is -0.419. The van der Waals surface area contributed by atoms with Crippen molar-refractivity contribution in [3.63, 3.8) is 0 Å². The summed E-state index contributed by atoms with van der Waals surface area (Å²) in [4.78, 5) is 14.8. The van der Waals surface area contributed by atoms with Gasteiger partial charge in [0, 0.05) is 45.0 Å². The van der Waals surface area contributed by atoms with E-state index in [9.17, 15) is 44.3 Å². The Morgan fingerprint density at radius 3 is 2.08 bits per heavy atom. The van der Waals surface area contributed by atoms with Crippen LogP contribution in [0.15, 0.2) is 18.2 Å². The number of benzene rings is 1. The number of hydrogen-bond donors (Lipinski definition) is 1. The van der Waals surface area contributed by atoms with Crippen molar-refractivity contribution < 1.29 is 49.0 Å². The molecule has 0 spiro atoms. The Hall–Kier alpha value is -2.38. The van der Waals surface area contributed by atoms with E-state index in [4.69, 9.17) is 0 Å². The molecule has 2 aliphatic heterocycles. The number of anilines is 1. The van der Waals surface area contributed by atoms with Crippen LogP contribution in [-0.2, 0) is 17.5 Å². The summed E-state index contributed by atoms with van der Waals surface area (Å²) in [5, 5.41) is 3.04. The minimum absolute atomic E-state index is 0.0724. The molecule has 1 aromatic carbocycles. The van der Waals surface area contributed by atoms with Gasteiger partial charge in [0.1, 0.15) is 0 Å². The molecule has 2 fully saturated rings. The number of ether oxygens (including phenoxy) is 1. The van der Waals surface area contributed by atoms with Crippen LogP contribution < -0.4 is 5.32 Å². The zero-order chi connectivity index (χ0) is 26.9. The zero-order valence-corrected chi connectivity index (χ0v) is 19.2. The second kappa shape index (κ2) is 10.5. The molecule has 14 heteroatoms. The number of nitrogens with one attached hydrogen (secondary N) is 1. The van der Waals surface area contributed by atoms with Gasteiger partial charge in [0.25, 0.3) is 6.10 Å². The van der Waals surface area contributed by atoms with Crippen molar-refractivity contribution >= 4 is 11.8 Å². The Bertz CT molecular complexity index is 889. The molecule has 0 saturated carbocycles. The number of rotatable bonds is 7. The SMILES string of the molecule is CCCCNc1cc(C(F)(F)F)ccc1CN1CC2CN(C(=O)OC(C(F)(F)F)C(F)(F)F)CC2C1.